The molecule has 150 valence electrons. The van der Waals surface area contributed by atoms with E-state index in [0.717, 1.165) is 46.8 Å². The lowest BCUT2D eigenvalue weighted by atomic mass is 10.0. The van der Waals surface area contributed by atoms with Gasteiger partial charge in [-0.15, -0.1) is 11.8 Å². The van der Waals surface area contributed by atoms with E-state index in [1.54, 1.807) is 11.8 Å². The van der Waals surface area contributed by atoms with Gasteiger partial charge in [0, 0.05) is 18.7 Å². The highest BCUT2D eigenvalue weighted by Gasteiger charge is 2.11. The average molecular weight is 400 g/mol. The number of hydrogen-bond acceptors (Lipinski definition) is 7. The lowest BCUT2D eigenvalue weighted by Gasteiger charge is -2.15. The number of anilines is 2. The number of nitrogens with one attached hydrogen (secondary N) is 1. The molecule has 1 unspecified atom stereocenters. The summed E-state index contributed by atoms with van der Waals surface area (Å²) in [4.78, 5) is 13.1. The van der Waals surface area contributed by atoms with Crippen LogP contribution in [0.3, 0.4) is 0 Å². The first-order valence-electron chi connectivity index (χ1n) is 9.51. The van der Waals surface area contributed by atoms with Crippen LogP contribution in [0.5, 0.6) is 0 Å². The van der Waals surface area contributed by atoms with Crippen molar-refractivity contribution in [1.29, 1.82) is 0 Å². The van der Waals surface area contributed by atoms with Gasteiger partial charge in [0.25, 0.3) is 0 Å². The molecule has 0 bridgehead atoms. The SMILES string of the molecule is CCCC(CO)CCNc1nc(N)nc(C)c1C#Cc1ccc(SC)nc1C. The summed E-state index contributed by atoms with van der Waals surface area (Å²) in [7, 11) is 0. The van der Waals surface area contributed by atoms with Gasteiger partial charge in [0.1, 0.15) is 5.82 Å². The summed E-state index contributed by atoms with van der Waals surface area (Å²) >= 11 is 1.61. The topological polar surface area (TPSA) is 97.0 Å². The van der Waals surface area contributed by atoms with E-state index in [2.05, 4.69) is 39.0 Å². The smallest absolute Gasteiger partial charge is 0.222 e. The molecule has 2 aromatic rings. The van der Waals surface area contributed by atoms with Gasteiger partial charge in [0.05, 0.1) is 22.0 Å². The number of aliphatic hydroxyl groups is 1. The van der Waals surface area contributed by atoms with Gasteiger partial charge in [-0.25, -0.2) is 9.97 Å². The fourth-order valence-electron chi connectivity index (χ4n) is 2.92. The maximum atomic E-state index is 9.47. The molecule has 0 fully saturated rings. The second-order valence-corrected chi connectivity index (χ2v) is 7.51. The number of aliphatic hydroxyl groups excluding tert-OH is 1. The van der Waals surface area contributed by atoms with Crippen molar-refractivity contribution in [2.75, 3.05) is 30.5 Å². The van der Waals surface area contributed by atoms with Crippen LogP contribution in [0.4, 0.5) is 11.8 Å². The van der Waals surface area contributed by atoms with Gasteiger partial charge in [-0.2, -0.15) is 4.98 Å². The molecule has 1 atom stereocenters. The molecule has 2 heterocycles. The van der Waals surface area contributed by atoms with E-state index in [1.165, 1.54) is 0 Å². The number of aryl methyl sites for hydroxylation is 2. The minimum Gasteiger partial charge on any atom is -0.396 e. The summed E-state index contributed by atoms with van der Waals surface area (Å²) in [5.41, 5.74) is 9.08. The number of thioether (sulfide) groups is 1. The van der Waals surface area contributed by atoms with Crippen molar-refractivity contribution in [2.45, 2.75) is 45.1 Å². The molecule has 7 heteroatoms. The highest BCUT2D eigenvalue weighted by Crippen LogP contribution is 2.19. The summed E-state index contributed by atoms with van der Waals surface area (Å²) in [6, 6.07) is 3.95. The fraction of sp³-hybridized carbons (Fsp3) is 0.476. The maximum Gasteiger partial charge on any atom is 0.222 e. The third-order valence-corrected chi connectivity index (χ3v) is 5.14. The van der Waals surface area contributed by atoms with Crippen LogP contribution in [-0.2, 0) is 0 Å². The summed E-state index contributed by atoms with van der Waals surface area (Å²) in [5.74, 6) is 7.53. The molecule has 4 N–H and O–H groups in total. The van der Waals surface area contributed by atoms with Gasteiger partial charge >= 0.3 is 0 Å². The highest BCUT2D eigenvalue weighted by molar-refractivity contribution is 7.98. The molecule has 0 aliphatic rings. The zero-order chi connectivity index (χ0) is 20.5. The van der Waals surface area contributed by atoms with E-state index >= 15 is 0 Å². The Morgan fingerprint density at radius 3 is 2.57 bits per heavy atom. The molecule has 2 rings (SSSR count). The third-order valence-electron chi connectivity index (χ3n) is 4.50. The predicted octanol–water partition coefficient (Wildman–Crippen LogP) is 3.40. The number of nitrogen functional groups attached to an aromatic ring is 1. The standard InChI is InChI=1S/C21H29N5OS/c1-5-6-16(13-27)11-12-23-20-18(15(3)25-21(22)26-20)9-7-17-8-10-19(28-4)24-14(17)2/h8,10,16,27H,5-6,11-13H2,1-4H3,(H3,22,23,25,26). The summed E-state index contributed by atoms with van der Waals surface area (Å²) in [5, 5.41) is 13.8. The van der Waals surface area contributed by atoms with Gasteiger partial charge in [-0.05, 0) is 51.0 Å². The quantitative estimate of drug-likeness (QED) is 0.462. The van der Waals surface area contributed by atoms with Crippen molar-refractivity contribution in [2.24, 2.45) is 5.92 Å². The molecule has 2 aromatic heterocycles. The second kappa shape index (κ2) is 10.9. The number of pyridine rings is 1. The molecule has 0 radical (unpaired) electrons. The van der Waals surface area contributed by atoms with Crippen molar-refractivity contribution >= 4 is 23.5 Å². The Bertz CT molecular complexity index is 860. The third kappa shape index (κ3) is 6.11. The first-order valence-corrected chi connectivity index (χ1v) is 10.7. The first-order chi connectivity index (χ1) is 13.5. The second-order valence-electron chi connectivity index (χ2n) is 6.68. The normalized spacial score (nSPS) is 11.6. The van der Waals surface area contributed by atoms with Crippen LogP contribution in [0.1, 0.15) is 48.7 Å². The van der Waals surface area contributed by atoms with Crippen molar-refractivity contribution in [1.82, 2.24) is 15.0 Å². The van der Waals surface area contributed by atoms with Gasteiger partial charge < -0.3 is 16.2 Å². The minimum absolute atomic E-state index is 0.200. The van der Waals surface area contributed by atoms with Gasteiger partial charge in [-0.3, -0.25) is 0 Å². The number of hydrogen-bond donors (Lipinski definition) is 3. The van der Waals surface area contributed by atoms with Crippen LogP contribution < -0.4 is 11.1 Å². The first kappa shape index (κ1) is 22.0. The monoisotopic (exact) mass is 399 g/mol. The summed E-state index contributed by atoms with van der Waals surface area (Å²) < 4.78 is 0. The van der Waals surface area contributed by atoms with Crippen LogP contribution in [0.25, 0.3) is 0 Å². The van der Waals surface area contributed by atoms with Crippen LogP contribution in [0, 0.1) is 31.6 Å². The van der Waals surface area contributed by atoms with E-state index < -0.39 is 0 Å². The maximum absolute atomic E-state index is 9.47. The highest BCUT2D eigenvalue weighted by atomic mass is 32.2. The van der Waals surface area contributed by atoms with Crippen molar-refractivity contribution < 1.29 is 5.11 Å². The van der Waals surface area contributed by atoms with E-state index in [9.17, 15) is 5.11 Å². The Balaban J connectivity index is 2.23. The zero-order valence-corrected chi connectivity index (χ0v) is 17.9. The van der Waals surface area contributed by atoms with Crippen LogP contribution in [0.15, 0.2) is 17.2 Å². The fourth-order valence-corrected chi connectivity index (χ4v) is 3.35. The van der Waals surface area contributed by atoms with Gasteiger partial charge in [0.2, 0.25) is 5.95 Å². The number of aromatic nitrogens is 3. The average Bonchev–Trinajstić information content (AvgIpc) is 2.67. The Labute approximate surface area is 171 Å². The number of nitrogens with zero attached hydrogens (tertiary/aromatic N) is 3. The number of nitrogens with two attached hydrogens (primary N) is 1. The molecule has 0 spiro atoms. The summed E-state index contributed by atoms with van der Waals surface area (Å²) in [6.45, 7) is 6.85. The molecular weight excluding hydrogens is 370 g/mol. The molecule has 0 saturated carbocycles. The molecule has 0 amide bonds. The van der Waals surface area contributed by atoms with Gasteiger partial charge in [0.15, 0.2) is 0 Å². The summed E-state index contributed by atoms with van der Waals surface area (Å²) in [6.07, 6.45) is 4.93. The van der Waals surface area contributed by atoms with Gasteiger partial charge in [-0.1, -0.05) is 25.2 Å². The Morgan fingerprint density at radius 2 is 1.93 bits per heavy atom. The van der Waals surface area contributed by atoms with E-state index in [-0.39, 0.29) is 18.5 Å². The van der Waals surface area contributed by atoms with Crippen molar-refractivity contribution in [3.05, 3.63) is 34.6 Å². The van der Waals surface area contributed by atoms with Crippen molar-refractivity contribution in [3.8, 4) is 11.8 Å². The van der Waals surface area contributed by atoms with Crippen LogP contribution >= 0.6 is 11.8 Å². The molecule has 0 saturated heterocycles. The Morgan fingerprint density at radius 1 is 1.14 bits per heavy atom. The molecule has 28 heavy (non-hydrogen) atoms. The van der Waals surface area contributed by atoms with Crippen LogP contribution in [0.2, 0.25) is 0 Å². The van der Waals surface area contributed by atoms with E-state index in [4.69, 9.17) is 5.73 Å². The minimum atomic E-state index is 0.200. The largest absolute Gasteiger partial charge is 0.396 e. The Hall–Kier alpha value is -2.30. The molecule has 0 aliphatic heterocycles. The van der Waals surface area contributed by atoms with Crippen molar-refractivity contribution in [3.63, 3.8) is 0 Å². The lowest BCUT2D eigenvalue weighted by Crippen LogP contribution is -2.15. The van der Waals surface area contributed by atoms with E-state index in [1.807, 2.05) is 32.2 Å². The molecule has 6 nitrogen and oxygen atoms in total. The molecular formula is C21H29N5OS. The number of rotatable bonds is 8. The van der Waals surface area contributed by atoms with Crippen LogP contribution in [-0.4, -0.2) is 39.5 Å². The zero-order valence-electron chi connectivity index (χ0n) is 17.0. The molecule has 0 aliphatic carbocycles. The lowest BCUT2D eigenvalue weighted by molar-refractivity contribution is 0.212. The predicted molar refractivity (Wildman–Crippen MR) is 117 cm³/mol. The molecule has 0 aromatic carbocycles. The Kier molecular flexibility index (Phi) is 8.55. The van der Waals surface area contributed by atoms with E-state index in [0.29, 0.717) is 12.4 Å².